The van der Waals surface area contributed by atoms with Gasteiger partial charge in [0.15, 0.2) is 0 Å². The quantitative estimate of drug-likeness (QED) is 0.190. The molecule has 6 nitrogen and oxygen atoms in total. The molecule has 304 valence electrons. The smallest absolute Gasteiger partial charge is 0.142 e. The molecule has 0 aromatic heterocycles. The third-order valence-electron chi connectivity index (χ3n) is 10.7. The van der Waals surface area contributed by atoms with E-state index in [-0.39, 0.29) is 22.2 Å². The van der Waals surface area contributed by atoms with Crippen LogP contribution in [0.1, 0.15) is 95.1 Å². The average molecular weight is 778 g/mol. The summed E-state index contributed by atoms with van der Waals surface area (Å²) in [7, 11) is 0. The molecule has 0 saturated heterocycles. The molecule has 8 rings (SSSR count). The second-order valence-corrected chi connectivity index (χ2v) is 20.2. The maximum Gasteiger partial charge on any atom is 0.142 e. The zero-order valence-corrected chi connectivity index (χ0v) is 37.5. The number of ether oxygens (including phenoxy) is 1. The van der Waals surface area contributed by atoms with Crippen molar-refractivity contribution in [2.24, 2.45) is 0 Å². The minimum Gasteiger partial charge on any atom is -0.490 e. The molecule has 0 atom stereocenters. The van der Waals surface area contributed by atoms with Crippen LogP contribution in [0.4, 0.5) is 28.4 Å². The zero-order chi connectivity index (χ0) is 40.7. The second kappa shape index (κ2) is 18.1. The Hall–Kier alpha value is -3.97. The fourth-order valence-corrected chi connectivity index (χ4v) is 8.94. The standard InChI is InChI=1S/C13H19N.C12H18N2.C12H17NO.C12H17NS/c1-13(2,3)14-10-6-8-11-7-4-5-9-12(11)14;1-12(2,3)14-9-8-13-10-6-4-5-7-11(10)14;2*1-12(2,3)13-8-9-14-11-7-5-4-6-10(11)13/h4-5,7,9H,6,8,10H2,1-3H3;4-7,13H,8-9H2,1-3H3;2*4-7H,8-9H2,1-3H3. The highest BCUT2D eigenvalue weighted by molar-refractivity contribution is 7.99. The van der Waals surface area contributed by atoms with Crippen molar-refractivity contribution in [2.45, 2.75) is 123 Å². The van der Waals surface area contributed by atoms with Gasteiger partial charge in [0.25, 0.3) is 0 Å². The molecule has 0 saturated carbocycles. The topological polar surface area (TPSA) is 34.2 Å². The third-order valence-corrected chi connectivity index (χ3v) is 11.7. The van der Waals surface area contributed by atoms with E-state index in [1.807, 2.05) is 23.9 Å². The van der Waals surface area contributed by atoms with E-state index in [9.17, 15) is 0 Å². The number of hydrogen-bond acceptors (Lipinski definition) is 7. The van der Waals surface area contributed by atoms with E-state index in [0.717, 1.165) is 38.5 Å². The van der Waals surface area contributed by atoms with E-state index in [0.29, 0.717) is 0 Å². The predicted octanol–water partition coefficient (Wildman–Crippen LogP) is 12.0. The van der Waals surface area contributed by atoms with Crippen molar-refractivity contribution in [1.29, 1.82) is 0 Å². The maximum atomic E-state index is 5.61. The van der Waals surface area contributed by atoms with E-state index in [2.05, 4.69) is 193 Å². The molecule has 0 aliphatic carbocycles. The van der Waals surface area contributed by atoms with E-state index in [4.69, 9.17) is 4.74 Å². The van der Waals surface area contributed by atoms with E-state index >= 15 is 0 Å². The van der Waals surface area contributed by atoms with Crippen LogP contribution in [0.2, 0.25) is 0 Å². The number of hydrogen-bond donors (Lipinski definition) is 1. The Morgan fingerprint density at radius 2 is 1.00 bits per heavy atom. The summed E-state index contributed by atoms with van der Waals surface area (Å²) in [5, 5.41) is 3.42. The van der Waals surface area contributed by atoms with Gasteiger partial charge in [0.05, 0.1) is 29.3 Å². The summed E-state index contributed by atoms with van der Waals surface area (Å²) in [5.41, 5.74) is 8.99. The number of thioether (sulfide) groups is 1. The molecule has 0 amide bonds. The summed E-state index contributed by atoms with van der Waals surface area (Å²) in [6.45, 7) is 33.4. The highest BCUT2D eigenvalue weighted by Crippen LogP contribution is 2.38. The molecule has 0 spiro atoms. The van der Waals surface area contributed by atoms with Gasteiger partial charge in [-0.2, -0.15) is 0 Å². The Kier molecular flexibility index (Phi) is 13.9. The Labute approximate surface area is 345 Å². The lowest BCUT2D eigenvalue weighted by molar-refractivity contribution is 0.289. The SMILES string of the molecule is CC(C)(C)N1CCCc2ccccc21.CC(C)(C)N1CCNc2ccccc21.CC(C)(C)N1CCOc2ccccc21.CC(C)(C)N1CCSc2ccccc21. The molecule has 4 heterocycles. The number of nitrogens with zero attached hydrogens (tertiary/aromatic N) is 4. The van der Waals surface area contributed by atoms with Gasteiger partial charge in [-0.1, -0.05) is 54.6 Å². The van der Waals surface area contributed by atoms with Crippen molar-refractivity contribution in [1.82, 2.24) is 0 Å². The summed E-state index contributed by atoms with van der Waals surface area (Å²) in [4.78, 5) is 11.3. The number of aryl methyl sites for hydroxylation is 1. The van der Waals surface area contributed by atoms with Gasteiger partial charge in [-0.05, 0) is 144 Å². The van der Waals surface area contributed by atoms with Gasteiger partial charge in [-0.15, -0.1) is 11.8 Å². The van der Waals surface area contributed by atoms with Crippen LogP contribution in [-0.4, -0.2) is 67.2 Å². The van der Waals surface area contributed by atoms with Crippen molar-refractivity contribution < 1.29 is 4.74 Å². The van der Waals surface area contributed by atoms with Gasteiger partial charge >= 0.3 is 0 Å². The molecule has 0 bridgehead atoms. The molecule has 4 aliphatic heterocycles. The van der Waals surface area contributed by atoms with E-state index in [1.165, 1.54) is 64.0 Å². The van der Waals surface area contributed by atoms with Crippen LogP contribution in [0.15, 0.2) is 102 Å². The first-order valence-corrected chi connectivity index (χ1v) is 21.8. The molecule has 56 heavy (non-hydrogen) atoms. The van der Waals surface area contributed by atoms with Crippen LogP contribution < -0.4 is 29.7 Å². The fraction of sp³-hybridized carbons (Fsp3) is 0.510. The number of benzene rings is 4. The number of nitrogens with one attached hydrogen (secondary N) is 1. The van der Waals surface area contributed by atoms with Gasteiger partial charge in [0.1, 0.15) is 12.4 Å². The normalized spacial score (nSPS) is 16.4. The fourth-order valence-electron chi connectivity index (χ4n) is 7.94. The average Bonchev–Trinajstić information content (AvgIpc) is 3.16. The van der Waals surface area contributed by atoms with E-state index in [1.54, 1.807) is 0 Å². The van der Waals surface area contributed by atoms with Crippen molar-refractivity contribution in [2.75, 3.05) is 70.0 Å². The van der Waals surface area contributed by atoms with Crippen LogP contribution >= 0.6 is 11.8 Å². The minimum atomic E-state index is 0.167. The molecule has 0 fully saturated rings. The molecule has 7 heteroatoms. The third kappa shape index (κ3) is 11.1. The number of fused-ring (bicyclic) bond motifs is 4. The largest absolute Gasteiger partial charge is 0.490 e. The lowest BCUT2D eigenvalue weighted by atomic mass is 9.96. The van der Waals surface area contributed by atoms with Crippen LogP contribution in [0, 0.1) is 0 Å². The first kappa shape index (κ1) is 43.2. The van der Waals surface area contributed by atoms with Gasteiger partial charge in [-0.25, -0.2) is 0 Å². The van der Waals surface area contributed by atoms with Crippen molar-refractivity contribution in [3.63, 3.8) is 0 Å². The molecule has 4 aromatic carbocycles. The van der Waals surface area contributed by atoms with E-state index < -0.39 is 0 Å². The lowest BCUT2D eigenvalue weighted by Crippen LogP contribution is -2.46. The Morgan fingerprint density at radius 3 is 1.66 bits per heavy atom. The molecule has 4 aliphatic rings. The molecular formula is C49H71N5OS. The van der Waals surface area contributed by atoms with Crippen LogP contribution in [0.5, 0.6) is 5.75 Å². The van der Waals surface area contributed by atoms with Gasteiger partial charge in [-0.3, -0.25) is 0 Å². The first-order valence-electron chi connectivity index (χ1n) is 20.8. The summed E-state index contributed by atoms with van der Waals surface area (Å²) in [5.74, 6) is 2.21. The number of rotatable bonds is 0. The summed E-state index contributed by atoms with van der Waals surface area (Å²) < 4.78 is 5.61. The molecule has 1 N–H and O–H groups in total. The second-order valence-electron chi connectivity index (χ2n) is 19.1. The number of para-hydroxylation sites is 6. The molecule has 0 radical (unpaired) electrons. The Morgan fingerprint density at radius 1 is 0.500 bits per heavy atom. The molecule has 0 unspecified atom stereocenters. The van der Waals surface area contributed by atoms with Gasteiger partial charge in [0.2, 0.25) is 0 Å². The number of anilines is 5. The zero-order valence-electron chi connectivity index (χ0n) is 36.7. The molecule has 4 aromatic rings. The minimum absolute atomic E-state index is 0.167. The first-order chi connectivity index (χ1) is 26.4. The summed E-state index contributed by atoms with van der Waals surface area (Å²) >= 11 is 1.97. The summed E-state index contributed by atoms with van der Waals surface area (Å²) in [6, 6.07) is 34.2. The van der Waals surface area contributed by atoms with Crippen LogP contribution in [-0.2, 0) is 6.42 Å². The molecular weight excluding hydrogens is 707 g/mol. The van der Waals surface area contributed by atoms with Crippen molar-refractivity contribution >= 4 is 40.2 Å². The summed E-state index contributed by atoms with van der Waals surface area (Å²) in [6.07, 6.45) is 2.52. The predicted molar refractivity (Wildman–Crippen MR) is 247 cm³/mol. The Balaban J connectivity index is 0.000000143. The van der Waals surface area contributed by atoms with Crippen molar-refractivity contribution in [3.8, 4) is 5.75 Å². The van der Waals surface area contributed by atoms with Crippen LogP contribution in [0.3, 0.4) is 0 Å². The van der Waals surface area contributed by atoms with Gasteiger partial charge < -0.3 is 29.7 Å². The highest BCUT2D eigenvalue weighted by Gasteiger charge is 2.29. The highest BCUT2D eigenvalue weighted by atomic mass is 32.2. The monoisotopic (exact) mass is 778 g/mol. The lowest BCUT2D eigenvalue weighted by Gasteiger charge is -2.41. The van der Waals surface area contributed by atoms with Crippen LogP contribution in [0.25, 0.3) is 0 Å². The Bertz CT molecular complexity index is 1580. The maximum absolute atomic E-state index is 5.61. The van der Waals surface area contributed by atoms with Gasteiger partial charge in [0, 0.05) is 64.7 Å². The van der Waals surface area contributed by atoms with Crippen molar-refractivity contribution in [3.05, 3.63) is 103 Å².